The molecule has 3 aromatic rings. The number of aromatic hydroxyl groups is 1. The van der Waals surface area contributed by atoms with E-state index in [1.807, 2.05) is 0 Å². The minimum atomic E-state index is -0.682. The van der Waals surface area contributed by atoms with Gasteiger partial charge in [-0.25, -0.2) is 9.78 Å². The molecule has 0 bridgehead atoms. The Labute approximate surface area is 134 Å². The van der Waals surface area contributed by atoms with Crippen molar-refractivity contribution in [3.05, 3.63) is 61.3 Å². The number of rotatable bonds is 2. The number of para-hydroxylation sites is 1. The standard InChI is InChI=1S/C15H12N4O5/c1-17-13-9(14(21)18(2)15(17)22)7-10(19(23)24)12(16-13)8-5-3-4-6-11(8)20/h3-7,20H,1-2H3. The van der Waals surface area contributed by atoms with Crippen LogP contribution in [0, 0.1) is 10.1 Å². The zero-order valence-electron chi connectivity index (χ0n) is 12.8. The Morgan fingerprint density at radius 2 is 1.83 bits per heavy atom. The van der Waals surface area contributed by atoms with E-state index in [-0.39, 0.29) is 28.0 Å². The summed E-state index contributed by atoms with van der Waals surface area (Å²) in [6.07, 6.45) is 0. The molecule has 0 spiro atoms. The Kier molecular flexibility index (Phi) is 3.40. The number of aryl methyl sites for hydroxylation is 1. The SMILES string of the molecule is Cn1c(=O)c2cc([N+](=O)[O-])c(-c3ccccc3O)nc2n(C)c1=O. The van der Waals surface area contributed by atoms with Crippen molar-refractivity contribution in [2.24, 2.45) is 14.1 Å². The fourth-order valence-electron chi connectivity index (χ4n) is 2.50. The van der Waals surface area contributed by atoms with Gasteiger partial charge in [0.2, 0.25) is 0 Å². The van der Waals surface area contributed by atoms with Crippen molar-refractivity contribution >= 4 is 16.7 Å². The van der Waals surface area contributed by atoms with E-state index in [4.69, 9.17) is 0 Å². The van der Waals surface area contributed by atoms with Crippen LogP contribution in [0.25, 0.3) is 22.3 Å². The smallest absolute Gasteiger partial charge is 0.332 e. The maximum absolute atomic E-state index is 12.2. The average Bonchev–Trinajstić information content (AvgIpc) is 2.57. The number of pyridine rings is 1. The zero-order valence-corrected chi connectivity index (χ0v) is 12.8. The number of hydrogen-bond donors (Lipinski definition) is 1. The van der Waals surface area contributed by atoms with Crippen LogP contribution in [-0.4, -0.2) is 24.1 Å². The summed E-state index contributed by atoms with van der Waals surface area (Å²) in [7, 11) is 2.70. The van der Waals surface area contributed by atoms with Crippen LogP contribution < -0.4 is 11.2 Å². The van der Waals surface area contributed by atoms with E-state index in [1.165, 1.54) is 26.2 Å². The van der Waals surface area contributed by atoms with Gasteiger partial charge in [-0.15, -0.1) is 0 Å². The summed E-state index contributed by atoms with van der Waals surface area (Å²) in [6, 6.07) is 7.07. The number of phenols is 1. The number of benzene rings is 1. The van der Waals surface area contributed by atoms with E-state index in [0.717, 1.165) is 15.2 Å². The lowest BCUT2D eigenvalue weighted by Crippen LogP contribution is -2.37. The van der Waals surface area contributed by atoms with Crippen LogP contribution in [0.2, 0.25) is 0 Å². The molecule has 0 saturated heterocycles. The number of nitrogens with zero attached hydrogens (tertiary/aromatic N) is 4. The van der Waals surface area contributed by atoms with Gasteiger partial charge in [0, 0.05) is 25.7 Å². The second-order valence-corrected chi connectivity index (χ2v) is 5.21. The highest BCUT2D eigenvalue weighted by Gasteiger charge is 2.23. The van der Waals surface area contributed by atoms with Gasteiger partial charge >= 0.3 is 5.69 Å². The Bertz CT molecular complexity index is 1110. The van der Waals surface area contributed by atoms with Crippen LogP contribution in [0.5, 0.6) is 5.75 Å². The topological polar surface area (TPSA) is 120 Å². The first-order valence-corrected chi connectivity index (χ1v) is 6.86. The molecule has 3 rings (SSSR count). The third-order valence-electron chi connectivity index (χ3n) is 3.76. The highest BCUT2D eigenvalue weighted by molar-refractivity contribution is 5.85. The molecule has 1 aromatic carbocycles. The van der Waals surface area contributed by atoms with Crippen LogP contribution in [0.15, 0.2) is 39.9 Å². The zero-order chi connectivity index (χ0) is 17.6. The van der Waals surface area contributed by atoms with Crippen LogP contribution in [0.3, 0.4) is 0 Å². The van der Waals surface area contributed by atoms with Crippen LogP contribution >= 0.6 is 0 Å². The monoisotopic (exact) mass is 328 g/mol. The molecule has 122 valence electrons. The molecular weight excluding hydrogens is 316 g/mol. The van der Waals surface area contributed by atoms with E-state index in [1.54, 1.807) is 12.1 Å². The molecule has 0 atom stereocenters. The maximum Gasteiger partial charge on any atom is 0.332 e. The average molecular weight is 328 g/mol. The van der Waals surface area contributed by atoms with Gasteiger partial charge < -0.3 is 5.11 Å². The van der Waals surface area contributed by atoms with E-state index in [0.29, 0.717) is 0 Å². The summed E-state index contributed by atoms with van der Waals surface area (Å²) in [5.74, 6) is -0.193. The molecule has 9 heteroatoms. The van der Waals surface area contributed by atoms with E-state index in [9.17, 15) is 24.8 Å². The molecule has 0 unspecified atom stereocenters. The van der Waals surface area contributed by atoms with Gasteiger partial charge in [0.15, 0.2) is 11.3 Å². The van der Waals surface area contributed by atoms with E-state index in [2.05, 4.69) is 4.98 Å². The third kappa shape index (κ3) is 2.14. The van der Waals surface area contributed by atoms with Crippen molar-refractivity contribution in [2.45, 2.75) is 0 Å². The summed E-state index contributed by atoms with van der Waals surface area (Å²) in [5, 5.41) is 21.3. The second-order valence-electron chi connectivity index (χ2n) is 5.21. The van der Waals surface area contributed by atoms with Gasteiger partial charge in [-0.05, 0) is 12.1 Å². The first-order chi connectivity index (χ1) is 11.3. The predicted octanol–water partition coefficient (Wildman–Crippen LogP) is 0.913. The molecule has 9 nitrogen and oxygen atoms in total. The fraction of sp³-hybridized carbons (Fsp3) is 0.133. The maximum atomic E-state index is 12.2. The second kappa shape index (κ2) is 5.30. The third-order valence-corrected chi connectivity index (χ3v) is 3.76. The first-order valence-electron chi connectivity index (χ1n) is 6.86. The Balaban J connectivity index is 2.54. The lowest BCUT2D eigenvalue weighted by Gasteiger charge is -2.10. The van der Waals surface area contributed by atoms with Gasteiger partial charge in [0.25, 0.3) is 11.2 Å². The largest absolute Gasteiger partial charge is 0.507 e. The molecule has 0 aliphatic rings. The minimum Gasteiger partial charge on any atom is -0.507 e. The summed E-state index contributed by atoms with van der Waals surface area (Å²) >= 11 is 0. The molecule has 2 aromatic heterocycles. The van der Waals surface area contributed by atoms with Gasteiger partial charge in [-0.3, -0.25) is 24.0 Å². The van der Waals surface area contributed by atoms with E-state index >= 15 is 0 Å². The van der Waals surface area contributed by atoms with Crippen molar-refractivity contribution in [3.8, 4) is 17.0 Å². The number of hydrogen-bond acceptors (Lipinski definition) is 6. The quantitative estimate of drug-likeness (QED) is 0.551. The fourth-order valence-corrected chi connectivity index (χ4v) is 2.50. The van der Waals surface area contributed by atoms with Crippen molar-refractivity contribution in [1.29, 1.82) is 0 Å². The van der Waals surface area contributed by atoms with Crippen molar-refractivity contribution in [3.63, 3.8) is 0 Å². The van der Waals surface area contributed by atoms with Crippen molar-refractivity contribution in [2.75, 3.05) is 0 Å². The number of aromatic nitrogens is 3. The molecule has 24 heavy (non-hydrogen) atoms. The molecule has 1 N–H and O–H groups in total. The molecule has 0 fully saturated rings. The molecule has 0 aliphatic carbocycles. The highest BCUT2D eigenvalue weighted by atomic mass is 16.6. The van der Waals surface area contributed by atoms with Crippen LogP contribution in [0.4, 0.5) is 5.69 Å². The van der Waals surface area contributed by atoms with Gasteiger partial charge in [0.1, 0.15) is 5.75 Å². The lowest BCUT2D eigenvalue weighted by molar-refractivity contribution is -0.384. The first kappa shape index (κ1) is 15.4. The highest BCUT2D eigenvalue weighted by Crippen LogP contribution is 2.34. The molecule has 0 radical (unpaired) electrons. The van der Waals surface area contributed by atoms with Gasteiger partial charge in [-0.2, -0.15) is 0 Å². The van der Waals surface area contributed by atoms with Crippen molar-refractivity contribution < 1.29 is 10.0 Å². The van der Waals surface area contributed by atoms with Gasteiger partial charge in [-0.1, -0.05) is 12.1 Å². The van der Waals surface area contributed by atoms with Crippen molar-refractivity contribution in [1.82, 2.24) is 14.1 Å². The number of fused-ring (bicyclic) bond motifs is 1. The molecular formula is C15H12N4O5. The lowest BCUT2D eigenvalue weighted by atomic mass is 10.1. The van der Waals surface area contributed by atoms with E-state index < -0.39 is 21.9 Å². The number of nitro groups is 1. The van der Waals surface area contributed by atoms with Crippen LogP contribution in [-0.2, 0) is 14.1 Å². The molecule has 2 heterocycles. The predicted molar refractivity (Wildman–Crippen MR) is 86.0 cm³/mol. The normalized spacial score (nSPS) is 10.9. The van der Waals surface area contributed by atoms with Crippen LogP contribution in [0.1, 0.15) is 0 Å². The summed E-state index contributed by atoms with van der Waals surface area (Å²) in [5.41, 5.74) is -1.68. The molecule has 0 saturated carbocycles. The minimum absolute atomic E-state index is 0.00644. The summed E-state index contributed by atoms with van der Waals surface area (Å²) in [4.78, 5) is 39.1. The Morgan fingerprint density at radius 1 is 1.17 bits per heavy atom. The Hall–Kier alpha value is -3.49. The summed E-state index contributed by atoms with van der Waals surface area (Å²) < 4.78 is 1.98. The van der Waals surface area contributed by atoms with Gasteiger partial charge in [0.05, 0.1) is 10.3 Å². The molecule has 0 aliphatic heterocycles. The molecule has 0 amide bonds. The Morgan fingerprint density at radius 3 is 2.46 bits per heavy atom. The summed E-state index contributed by atoms with van der Waals surface area (Å²) in [6.45, 7) is 0. The number of phenolic OH excluding ortho intramolecular Hbond substituents is 1.